The lowest BCUT2D eigenvalue weighted by Gasteiger charge is -2.32. The fourth-order valence-corrected chi connectivity index (χ4v) is 6.24. The lowest BCUT2D eigenvalue weighted by atomic mass is 9.95. The van der Waals surface area contributed by atoms with E-state index < -0.39 is 5.91 Å². The number of primary amides is 1. The summed E-state index contributed by atoms with van der Waals surface area (Å²) >= 11 is 0. The third-order valence-electron chi connectivity index (χ3n) is 8.56. The lowest BCUT2D eigenvalue weighted by molar-refractivity contribution is 0.0999. The standard InChI is InChI=1S/C35H34N6O/c1-23-19-32-27(20-29(23)33(36)42)22-41(28-7-3-2-4-8-28)35(39-32)26-13-11-24(12-14-26)21-40-17-15-25(16-18-40)34-37-30-9-5-6-10-31(30)38-34/h2-14,19-20,22,25,35H,15-18,21H2,1H3,(H2,36,42)(H,37,38). The van der Waals surface area contributed by atoms with Crippen LogP contribution in [-0.2, 0) is 6.54 Å². The largest absolute Gasteiger partial charge is 0.366 e. The van der Waals surface area contributed by atoms with Gasteiger partial charge in [-0.05, 0) is 85.9 Å². The summed E-state index contributed by atoms with van der Waals surface area (Å²) < 4.78 is 0. The first-order valence-corrected chi connectivity index (χ1v) is 14.6. The zero-order valence-electron chi connectivity index (χ0n) is 23.7. The quantitative estimate of drug-likeness (QED) is 0.312. The molecule has 0 radical (unpaired) electrons. The number of rotatable bonds is 6. The molecule has 0 spiro atoms. The van der Waals surface area contributed by atoms with Crippen molar-refractivity contribution in [2.24, 2.45) is 10.7 Å². The number of para-hydroxylation sites is 3. The van der Waals surface area contributed by atoms with E-state index in [1.807, 2.05) is 43.3 Å². The average molecular weight is 555 g/mol. The van der Waals surface area contributed by atoms with Crippen molar-refractivity contribution in [3.05, 3.63) is 130 Å². The highest BCUT2D eigenvalue weighted by atomic mass is 16.1. The summed E-state index contributed by atoms with van der Waals surface area (Å²) in [6.07, 6.45) is 4.08. The highest BCUT2D eigenvalue weighted by molar-refractivity contribution is 5.94. The van der Waals surface area contributed by atoms with Crippen LogP contribution in [0.1, 0.15) is 57.8 Å². The van der Waals surface area contributed by atoms with Crippen molar-refractivity contribution in [3.63, 3.8) is 0 Å². The van der Waals surface area contributed by atoms with Crippen molar-refractivity contribution in [1.82, 2.24) is 14.9 Å². The Morgan fingerprint density at radius 3 is 2.43 bits per heavy atom. The molecule has 7 rings (SSSR count). The zero-order valence-corrected chi connectivity index (χ0v) is 23.7. The smallest absolute Gasteiger partial charge is 0.248 e. The van der Waals surface area contributed by atoms with Crippen molar-refractivity contribution >= 4 is 28.8 Å². The van der Waals surface area contributed by atoms with Crippen molar-refractivity contribution in [3.8, 4) is 0 Å². The number of likely N-dealkylation sites (tertiary alicyclic amines) is 1. The Bertz CT molecular complexity index is 1840. The maximum absolute atomic E-state index is 12.0. The summed E-state index contributed by atoms with van der Waals surface area (Å²) in [5.41, 5.74) is 12.6. The van der Waals surface area contributed by atoms with E-state index in [-0.39, 0.29) is 6.17 Å². The maximum atomic E-state index is 12.0. The van der Waals surface area contributed by atoms with Gasteiger partial charge in [0.25, 0.3) is 0 Å². The molecule has 1 amide bonds. The van der Waals surface area contributed by atoms with Crippen LogP contribution in [0.25, 0.3) is 17.2 Å². The minimum atomic E-state index is -0.425. The molecule has 4 aromatic carbocycles. The van der Waals surface area contributed by atoms with Gasteiger partial charge >= 0.3 is 0 Å². The molecule has 42 heavy (non-hydrogen) atoms. The molecule has 2 aliphatic heterocycles. The van der Waals surface area contributed by atoms with Crippen molar-refractivity contribution < 1.29 is 4.79 Å². The van der Waals surface area contributed by atoms with E-state index in [0.29, 0.717) is 11.5 Å². The second-order valence-electron chi connectivity index (χ2n) is 11.4. The van der Waals surface area contributed by atoms with Gasteiger partial charge in [-0.25, -0.2) is 4.98 Å². The van der Waals surface area contributed by atoms with E-state index in [0.717, 1.165) is 76.7 Å². The van der Waals surface area contributed by atoms with E-state index in [1.165, 1.54) is 5.56 Å². The Kier molecular flexibility index (Phi) is 6.80. The third-order valence-corrected chi connectivity index (χ3v) is 8.56. The highest BCUT2D eigenvalue weighted by Crippen LogP contribution is 2.31. The Labute approximate surface area is 245 Å². The number of carbonyl (C=O) groups excluding carboxylic acids is 1. The van der Waals surface area contributed by atoms with Gasteiger partial charge in [0.1, 0.15) is 5.82 Å². The van der Waals surface area contributed by atoms with Crippen LogP contribution in [0.4, 0.5) is 5.69 Å². The zero-order chi connectivity index (χ0) is 28.6. The molecule has 0 saturated carbocycles. The van der Waals surface area contributed by atoms with E-state index >= 15 is 0 Å². The predicted molar refractivity (Wildman–Crippen MR) is 166 cm³/mol. The van der Waals surface area contributed by atoms with E-state index in [4.69, 9.17) is 15.7 Å². The fraction of sp³-hybridized carbons (Fsp3) is 0.229. The molecule has 1 fully saturated rings. The topological polar surface area (TPSA) is 90.6 Å². The van der Waals surface area contributed by atoms with Crippen LogP contribution in [-0.4, -0.2) is 33.9 Å². The van der Waals surface area contributed by atoms with Gasteiger partial charge in [0, 0.05) is 35.1 Å². The second-order valence-corrected chi connectivity index (χ2v) is 11.4. The molecule has 0 aliphatic carbocycles. The number of H-pyrrole nitrogens is 1. The number of imidazole rings is 1. The number of amides is 1. The molecule has 2 aliphatic rings. The Morgan fingerprint density at radius 2 is 1.69 bits per heavy atom. The van der Waals surface area contributed by atoms with Gasteiger partial charge in [0.2, 0.25) is 5.91 Å². The summed E-state index contributed by atoms with van der Waals surface area (Å²) in [6.45, 7) is 4.95. The number of benzene rings is 4. The molecular weight excluding hydrogens is 520 g/mol. The Morgan fingerprint density at radius 1 is 0.952 bits per heavy atom. The molecule has 0 bridgehead atoms. The molecule has 1 unspecified atom stereocenters. The number of fused-ring (bicyclic) bond motifs is 2. The number of nitrogens with two attached hydrogens (primary N) is 1. The maximum Gasteiger partial charge on any atom is 0.248 e. The molecule has 5 aromatic rings. The number of aromatic nitrogens is 2. The Balaban J connectivity index is 1.09. The molecule has 1 atom stereocenters. The number of hydrogen-bond donors (Lipinski definition) is 2. The van der Waals surface area contributed by atoms with E-state index in [9.17, 15) is 4.79 Å². The molecule has 3 N–H and O–H groups in total. The van der Waals surface area contributed by atoms with E-state index in [1.54, 1.807) is 0 Å². The molecule has 7 heteroatoms. The molecule has 1 aromatic heterocycles. The summed E-state index contributed by atoms with van der Waals surface area (Å²) in [4.78, 5) is 30.2. The molecule has 3 heterocycles. The summed E-state index contributed by atoms with van der Waals surface area (Å²) in [7, 11) is 0. The van der Waals surface area contributed by atoms with Crippen molar-refractivity contribution in [2.75, 3.05) is 18.0 Å². The van der Waals surface area contributed by atoms with Gasteiger partial charge < -0.3 is 15.6 Å². The van der Waals surface area contributed by atoms with E-state index in [2.05, 4.69) is 75.6 Å². The minimum Gasteiger partial charge on any atom is -0.366 e. The van der Waals surface area contributed by atoms with Crippen LogP contribution in [0.2, 0.25) is 0 Å². The van der Waals surface area contributed by atoms with Crippen LogP contribution in [0.3, 0.4) is 0 Å². The predicted octanol–water partition coefficient (Wildman–Crippen LogP) is 4.93. The summed E-state index contributed by atoms with van der Waals surface area (Å²) in [5, 5.41) is 1.75. The number of piperidine rings is 1. The average Bonchev–Trinajstić information content (AvgIpc) is 3.46. The van der Waals surface area contributed by atoms with Crippen LogP contribution < -0.4 is 21.2 Å². The number of nitrogens with zero attached hydrogens (tertiary/aromatic N) is 4. The normalized spacial score (nSPS) is 17.5. The molecule has 7 nitrogen and oxygen atoms in total. The highest BCUT2D eigenvalue weighted by Gasteiger charge is 2.25. The molecule has 210 valence electrons. The number of hydrogen-bond acceptors (Lipinski definition) is 5. The van der Waals surface area contributed by atoms with Crippen LogP contribution in [0.5, 0.6) is 0 Å². The third kappa shape index (κ3) is 5.08. The van der Waals surface area contributed by atoms with Gasteiger partial charge in [-0.3, -0.25) is 14.7 Å². The number of nitrogens with one attached hydrogen (secondary N) is 1. The van der Waals surface area contributed by atoms with Gasteiger partial charge in [0.05, 0.1) is 16.4 Å². The monoisotopic (exact) mass is 554 g/mol. The van der Waals surface area contributed by atoms with Crippen LogP contribution in [0.15, 0.2) is 96.0 Å². The van der Waals surface area contributed by atoms with Gasteiger partial charge in [0.15, 0.2) is 6.17 Å². The first-order valence-electron chi connectivity index (χ1n) is 14.6. The minimum absolute atomic E-state index is 0.215. The first kappa shape index (κ1) is 26.2. The number of aryl methyl sites for hydroxylation is 1. The van der Waals surface area contributed by atoms with Gasteiger partial charge in [-0.15, -0.1) is 0 Å². The molecule has 1 saturated heterocycles. The van der Waals surface area contributed by atoms with Crippen molar-refractivity contribution in [2.45, 2.75) is 38.4 Å². The SMILES string of the molecule is Cc1cc2c(cc1C(N)=O)=CN(c1ccccc1)C(c1ccc(CN3CCC(c4nc5ccccc5[nH]4)CC3)cc1)N=2. The number of carbonyl (C=O) groups is 1. The second kappa shape index (κ2) is 10.9. The number of anilines is 1. The Hall–Kier alpha value is -4.75. The van der Waals surface area contributed by atoms with Crippen molar-refractivity contribution in [1.29, 1.82) is 0 Å². The first-order chi connectivity index (χ1) is 20.5. The summed E-state index contributed by atoms with van der Waals surface area (Å²) in [5.74, 6) is 1.18. The fourth-order valence-electron chi connectivity index (χ4n) is 6.24. The summed E-state index contributed by atoms with van der Waals surface area (Å²) in [6, 6.07) is 31.2. The van der Waals surface area contributed by atoms with Crippen LogP contribution >= 0.6 is 0 Å². The number of aromatic amines is 1. The molecular formula is C35H34N6O. The lowest BCUT2D eigenvalue weighted by Crippen LogP contribution is -2.39. The van der Waals surface area contributed by atoms with Crippen LogP contribution in [0, 0.1) is 6.92 Å². The van der Waals surface area contributed by atoms with Gasteiger partial charge in [-0.2, -0.15) is 0 Å². The van der Waals surface area contributed by atoms with Gasteiger partial charge in [-0.1, -0.05) is 54.6 Å².